The van der Waals surface area contributed by atoms with Crippen molar-refractivity contribution in [2.45, 2.75) is 24.8 Å². The summed E-state index contributed by atoms with van der Waals surface area (Å²) in [6.45, 7) is 7.65. The lowest BCUT2D eigenvalue weighted by Crippen LogP contribution is -2.20. The molecule has 0 aliphatic rings. The van der Waals surface area contributed by atoms with Crippen molar-refractivity contribution in [1.29, 1.82) is 0 Å². The number of hydrogen-bond acceptors (Lipinski definition) is 4. The van der Waals surface area contributed by atoms with Crippen LogP contribution in [-0.2, 0) is 6.54 Å². The van der Waals surface area contributed by atoms with Crippen LogP contribution >= 0.6 is 11.8 Å². The minimum Gasteiger partial charge on any atom is -0.356 e. The molecular weight excluding hydrogens is 280 g/mol. The average Bonchev–Trinajstić information content (AvgIpc) is 2.96. The van der Waals surface area contributed by atoms with Crippen molar-refractivity contribution in [3.05, 3.63) is 48.7 Å². The van der Waals surface area contributed by atoms with Gasteiger partial charge in [0.15, 0.2) is 5.76 Å². The number of thioether (sulfide) groups is 1. The van der Waals surface area contributed by atoms with Crippen LogP contribution in [0.4, 0.5) is 0 Å². The monoisotopic (exact) mass is 302 g/mol. The van der Waals surface area contributed by atoms with Gasteiger partial charge in [0.2, 0.25) is 0 Å². The quantitative estimate of drug-likeness (QED) is 0.580. The predicted molar refractivity (Wildman–Crippen MR) is 89.4 cm³/mol. The van der Waals surface area contributed by atoms with E-state index in [-0.39, 0.29) is 0 Å². The molecule has 0 radical (unpaired) electrons. The zero-order valence-electron chi connectivity index (χ0n) is 12.6. The topological polar surface area (TPSA) is 38.1 Å². The molecule has 21 heavy (non-hydrogen) atoms. The van der Waals surface area contributed by atoms with Crippen LogP contribution in [0, 0.1) is 5.92 Å². The van der Waals surface area contributed by atoms with Gasteiger partial charge in [-0.25, -0.2) is 0 Å². The van der Waals surface area contributed by atoms with Crippen molar-refractivity contribution in [2.75, 3.05) is 12.8 Å². The summed E-state index contributed by atoms with van der Waals surface area (Å²) in [7, 11) is 0. The van der Waals surface area contributed by atoms with Gasteiger partial charge in [0.1, 0.15) is 0 Å². The first-order valence-corrected chi connectivity index (χ1v) is 8.37. The smallest absolute Gasteiger partial charge is 0.167 e. The van der Waals surface area contributed by atoms with Gasteiger partial charge >= 0.3 is 0 Å². The summed E-state index contributed by atoms with van der Waals surface area (Å²) in [6.07, 6.45) is 5.05. The minimum atomic E-state index is 0.591. The van der Waals surface area contributed by atoms with Gasteiger partial charge in [-0.3, -0.25) is 0 Å². The molecule has 1 aromatic carbocycles. The lowest BCUT2D eigenvalue weighted by molar-refractivity contribution is 0.417. The summed E-state index contributed by atoms with van der Waals surface area (Å²) in [5.74, 6) is 1.41. The summed E-state index contributed by atoms with van der Waals surface area (Å²) in [4.78, 5) is 1.25. The summed E-state index contributed by atoms with van der Waals surface area (Å²) in [6, 6.07) is 10.3. The van der Waals surface area contributed by atoms with Crippen LogP contribution in [0.5, 0.6) is 0 Å². The van der Waals surface area contributed by atoms with E-state index in [1.54, 1.807) is 11.8 Å². The Hall–Kier alpha value is -1.52. The highest BCUT2D eigenvalue weighted by Gasteiger charge is 2.07. The van der Waals surface area contributed by atoms with Crippen LogP contribution in [-0.4, -0.2) is 18.0 Å². The fourth-order valence-corrected chi connectivity index (χ4v) is 2.51. The van der Waals surface area contributed by atoms with E-state index in [1.165, 1.54) is 4.90 Å². The molecule has 0 saturated heterocycles. The van der Waals surface area contributed by atoms with E-state index < -0.39 is 0 Å². The number of rotatable bonds is 8. The lowest BCUT2D eigenvalue weighted by atomic mass is 10.1. The van der Waals surface area contributed by atoms with E-state index in [9.17, 15) is 0 Å². The average molecular weight is 302 g/mol. The van der Waals surface area contributed by atoms with Gasteiger partial charge in [-0.05, 0) is 37.3 Å². The van der Waals surface area contributed by atoms with E-state index in [0.717, 1.165) is 36.5 Å². The van der Waals surface area contributed by atoms with Crippen LogP contribution in [0.15, 0.2) is 52.4 Å². The van der Waals surface area contributed by atoms with E-state index in [2.05, 4.69) is 54.5 Å². The maximum atomic E-state index is 5.42. The number of aromatic nitrogens is 1. The molecule has 0 saturated carbocycles. The summed E-state index contributed by atoms with van der Waals surface area (Å²) in [5, 5.41) is 7.51. The Bertz CT molecular complexity index is 562. The van der Waals surface area contributed by atoms with Gasteiger partial charge < -0.3 is 9.84 Å². The Kier molecular flexibility index (Phi) is 6.08. The fraction of sp³-hybridized carbons (Fsp3) is 0.353. The van der Waals surface area contributed by atoms with Gasteiger partial charge in [0.05, 0.1) is 5.69 Å². The lowest BCUT2D eigenvalue weighted by Gasteiger charge is -2.08. The van der Waals surface area contributed by atoms with Crippen molar-refractivity contribution in [2.24, 2.45) is 5.92 Å². The van der Waals surface area contributed by atoms with Crippen molar-refractivity contribution < 1.29 is 4.52 Å². The Labute approximate surface area is 130 Å². The minimum absolute atomic E-state index is 0.591. The molecule has 1 heterocycles. The standard InChI is InChI=1S/C17H22N2OS/c1-4-5-13(2)11-18-12-15-10-17(20-19-15)14-6-8-16(21-3)9-7-14/h4,6-10,13,18H,1,5,11-12H2,2-3H3. The van der Waals surface area contributed by atoms with Crippen LogP contribution in [0.1, 0.15) is 19.0 Å². The van der Waals surface area contributed by atoms with Gasteiger partial charge in [-0.15, -0.1) is 18.3 Å². The number of benzene rings is 1. The zero-order valence-corrected chi connectivity index (χ0v) is 13.5. The number of allylic oxidation sites excluding steroid dienone is 1. The van der Waals surface area contributed by atoms with Gasteiger partial charge in [-0.1, -0.05) is 30.3 Å². The van der Waals surface area contributed by atoms with Gasteiger partial charge in [0, 0.05) is 23.1 Å². The molecule has 3 nitrogen and oxygen atoms in total. The van der Waals surface area contributed by atoms with Crippen molar-refractivity contribution in [3.63, 3.8) is 0 Å². The molecule has 0 bridgehead atoms. The molecule has 1 aromatic heterocycles. The molecule has 1 unspecified atom stereocenters. The highest BCUT2D eigenvalue weighted by molar-refractivity contribution is 7.98. The molecule has 0 amide bonds. The first-order valence-electron chi connectivity index (χ1n) is 7.14. The van der Waals surface area contributed by atoms with Crippen LogP contribution in [0.2, 0.25) is 0 Å². The first kappa shape index (κ1) is 15.9. The van der Waals surface area contributed by atoms with E-state index in [4.69, 9.17) is 4.52 Å². The summed E-state index contributed by atoms with van der Waals surface area (Å²) >= 11 is 1.73. The van der Waals surface area contributed by atoms with Gasteiger partial charge in [-0.2, -0.15) is 0 Å². The summed E-state index contributed by atoms with van der Waals surface area (Å²) in [5.41, 5.74) is 2.00. The van der Waals surface area contributed by atoms with Crippen molar-refractivity contribution in [1.82, 2.24) is 10.5 Å². The molecular formula is C17H22N2OS. The third-order valence-electron chi connectivity index (χ3n) is 3.30. The second-order valence-corrected chi connectivity index (χ2v) is 6.05. The van der Waals surface area contributed by atoms with Crippen LogP contribution in [0.25, 0.3) is 11.3 Å². The Morgan fingerprint density at radius 2 is 2.14 bits per heavy atom. The van der Waals surface area contributed by atoms with Crippen molar-refractivity contribution >= 4 is 11.8 Å². The van der Waals surface area contributed by atoms with E-state index in [1.807, 2.05) is 12.1 Å². The Morgan fingerprint density at radius 1 is 1.38 bits per heavy atom. The Morgan fingerprint density at radius 3 is 2.81 bits per heavy atom. The van der Waals surface area contributed by atoms with Crippen LogP contribution < -0.4 is 5.32 Å². The first-order chi connectivity index (χ1) is 10.2. The van der Waals surface area contributed by atoms with E-state index in [0.29, 0.717) is 5.92 Å². The number of hydrogen-bond donors (Lipinski definition) is 1. The highest BCUT2D eigenvalue weighted by atomic mass is 32.2. The molecule has 0 aliphatic heterocycles. The predicted octanol–water partition coefficient (Wildman–Crippen LogP) is 4.37. The van der Waals surface area contributed by atoms with Crippen LogP contribution in [0.3, 0.4) is 0 Å². The number of nitrogens with zero attached hydrogens (tertiary/aromatic N) is 1. The molecule has 1 N–H and O–H groups in total. The maximum Gasteiger partial charge on any atom is 0.167 e. The fourth-order valence-electron chi connectivity index (χ4n) is 2.10. The summed E-state index contributed by atoms with van der Waals surface area (Å²) < 4.78 is 5.42. The Balaban J connectivity index is 1.90. The largest absolute Gasteiger partial charge is 0.356 e. The molecule has 4 heteroatoms. The molecule has 2 aromatic rings. The second-order valence-electron chi connectivity index (χ2n) is 5.17. The molecule has 2 rings (SSSR count). The second kappa shape index (κ2) is 8.05. The number of nitrogens with one attached hydrogen (secondary N) is 1. The third-order valence-corrected chi connectivity index (χ3v) is 4.05. The molecule has 0 spiro atoms. The molecule has 112 valence electrons. The SMILES string of the molecule is C=CCC(C)CNCc1cc(-c2ccc(SC)cc2)on1. The van der Waals surface area contributed by atoms with E-state index >= 15 is 0 Å². The third kappa shape index (κ3) is 4.76. The van der Waals surface area contributed by atoms with Gasteiger partial charge in [0.25, 0.3) is 0 Å². The zero-order chi connectivity index (χ0) is 15.1. The molecule has 0 aliphatic carbocycles. The normalized spacial score (nSPS) is 12.3. The highest BCUT2D eigenvalue weighted by Crippen LogP contribution is 2.23. The molecule has 1 atom stereocenters. The maximum absolute atomic E-state index is 5.42. The molecule has 0 fully saturated rings. The van der Waals surface area contributed by atoms with Crippen molar-refractivity contribution in [3.8, 4) is 11.3 Å².